The van der Waals surface area contributed by atoms with Gasteiger partial charge < -0.3 is 14.7 Å². The van der Waals surface area contributed by atoms with E-state index in [0.717, 1.165) is 23.2 Å². The van der Waals surface area contributed by atoms with Gasteiger partial charge in [0.15, 0.2) is 0 Å². The zero-order valence-corrected chi connectivity index (χ0v) is 13.5. The van der Waals surface area contributed by atoms with Gasteiger partial charge in [0.25, 0.3) is 0 Å². The number of anilines is 1. The van der Waals surface area contributed by atoms with E-state index in [9.17, 15) is 5.11 Å². The summed E-state index contributed by atoms with van der Waals surface area (Å²) in [5, 5.41) is 9.68. The van der Waals surface area contributed by atoms with Crippen LogP contribution in [-0.2, 0) is 4.74 Å². The van der Waals surface area contributed by atoms with Gasteiger partial charge in [-0.15, -0.1) is 0 Å². The van der Waals surface area contributed by atoms with Gasteiger partial charge in [0, 0.05) is 11.0 Å². The highest BCUT2D eigenvalue weighted by atomic mass is 79.9. The van der Waals surface area contributed by atoms with Crippen molar-refractivity contribution in [3.05, 3.63) is 28.2 Å². The minimum absolute atomic E-state index is 0.390. The van der Waals surface area contributed by atoms with E-state index in [1.807, 2.05) is 12.1 Å². The molecule has 0 amide bonds. The van der Waals surface area contributed by atoms with Crippen molar-refractivity contribution in [1.29, 1.82) is 0 Å². The summed E-state index contributed by atoms with van der Waals surface area (Å²) in [7, 11) is 0. The molecule has 0 aromatic heterocycles. The van der Waals surface area contributed by atoms with Crippen molar-refractivity contribution in [1.82, 2.24) is 0 Å². The summed E-state index contributed by atoms with van der Waals surface area (Å²) >= 11 is 3.67. The monoisotopic (exact) mass is 339 g/mol. The van der Waals surface area contributed by atoms with Crippen LogP contribution in [0.3, 0.4) is 0 Å². The van der Waals surface area contributed by atoms with Crippen LogP contribution in [-0.4, -0.2) is 30.4 Å². The lowest BCUT2D eigenvalue weighted by Gasteiger charge is -2.45. The number of nitrogens with zero attached hydrogens (tertiary/aromatic N) is 1. The maximum absolute atomic E-state index is 9.68. The van der Waals surface area contributed by atoms with Crippen LogP contribution in [0.5, 0.6) is 0 Å². The first-order chi connectivity index (χ1) is 9.66. The molecule has 3 atom stereocenters. The average molecular weight is 340 g/mol. The Hall–Kier alpha value is -0.580. The molecule has 20 heavy (non-hydrogen) atoms. The minimum atomic E-state index is -0.424. The summed E-state index contributed by atoms with van der Waals surface area (Å²) in [5.41, 5.74) is 2.18. The van der Waals surface area contributed by atoms with Crippen molar-refractivity contribution in [3.63, 3.8) is 0 Å². The second-order valence-electron chi connectivity index (χ2n) is 5.84. The van der Waals surface area contributed by atoms with Crippen LogP contribution >= 0.6 is 15.9 Å². The highest BCUT2D eigenvalue weighted by Gasteiger charge is 2.34. The Balaban J connectivity index is 1.87. The van der Waals surface area contributed by atoms with Crippen LogP contribution in [0.25, 0.3) is 0 Å². The third-order valence-electron chi connectivity index (χ3n) is 4.50. The molecule has 1 saturated carbocycles. The lowest BCUT2D eigenvalue weighted by atomic mass is 9.89. The Bertz CT molecular complexity index is 476. The SMILES string of the molecule is C[C@H](O)c1ccc(N2CCOC3CCCCC32)c(Br)c1. The Labute approximate surface area is 129 Å². The number of hydrogen-bond acceptors (Lipinski definition) is 3. The summed E-state index contributed by atoms with van der Waals surface area (Å²) in [5.74, 6) is 0. The van der Waals surface area contributed by atoms with Crippen molar-refractivity contribution >= 4 is 21.6 Å². The Kier molecular flexibility index (Phi) is 4.34. The normalized spacial score (nSPS) is 28.1. The maximum Gasteiger partial charge on any atom is 0.0779 e. The molecule has 0 bridgehead atoms. The van der Waals surface area contributed by atoms with E-state index in [-0.39, 0.29) is 0 Å². The summed E-state index contributed by atoms with van der Waals surface area (Å²) in [6.07, 6.45) is 4.95. The number of halogens is 1. The van der Waals surface area contributed by atoms with Crippen molar-refractivity contribution < 1.29 is 9.84 Å². The van der Waals surface area contributed by atoms with E-state index in [0.29, 0.717) is 12.1 Å². The molecule has 2 unspecified atom stereocenters. The molecule has 3 rings (SSSR count). The molecule has 2 fully saturated rings. The highest BCUT2D eigenvalue weighted by molar-refractivity contribution is 9.10. The molecule has 110 valence electrons. The zero-order valence-electron chi connectivity index (χ0n) is 11.9. The fraction of sp³-hybridized carbons (Fsp3) is 0.625. The molecule has 1 aliphatic heterocycles. The van der Waals surface area contributed by atoms with Crippen LogP contribution in [0, 0.1) is 0 Å². The number of ether oxygens (including phenoxy) is 1. The molecule has 3 nitrogen and oxygen atoms in total. The van der Waals surface area contributed by atoms with Gasteiger partial charge >= 0.3 is 0 Å². The lowest BCUT2D eigenvalue weighted by Crippen LogP contribution is -2.53. The number of aliphatic hydroxyl groups excluding tert-OH is 1. The van der Waals surface area contributed by atoms with Gasteiger partial charge in [-0.1, -0.05) is 18.9 Å². The molecular weight excluding hydrogens is 318 g/mol. The number of morpholine rings is 1. The highest BCUT2D eigenvalue weighted by Crippen LogP contribution is 2.36. The van der Waals surface area contributed by atoms with Gasteiger partial charge in [-0.25, -0.2) is 0 Å². The van der Waals surface area contributed by atoms with Crippen molar-refractivity contribution in [2.75, 3.05) is 18.1 Å². The van der Waals surface area contributed by atoms with Crippen molar-refractivity contribution in [2.45, 2.75) is 50.9 Å². The van der Waals surface area contributed by atoms with Gasteiger partial charge in [0.1, 0.15) is 0 Å². The standard InChI is InChI=1S/C16H22BrNO2/c1-11(19)12-6-7-14(13(17)10-12)18-8-9-20-16-5-3-2-4-15(16)18/h6-7,10-11,15-16,19H,2-5,8-9H2,1H3/t11-,15?,16?/m0/s1. The first kappa shape index (κ1) is 14.4. The summed E-state index contributed by atoms with van der Waals surface area (Å²) in [6, 6.07) is 6.69. The van der Waals surface area contributed by atoms with E-state index < -0.39 is 6.10 Å². The first-order valence-electron chi connectivity index (χ1n) is 7.52. The molecule has 1 heterocycles. The fourth-order valence-electron chi connectivity index (χ4n) is 3.41. The van der Waals surface area contributed by atoms with E-state index >= 15 is 0 Å². The van der Waals surface area contributed by atoms with Gasteiger partial charge in [-0.2, -0.15) is 0 Å². The van der Waals surface area contributed by atoms with E-state index in [1.54, 1.807) is 6.92 Å². The molecule has 2 aliphatic rings. The molecule has 1 saturated heterocycles. The molecular formula is C16H22BrNO2. The number of fused-ring (bicyclic) bond motifs is 1. The third-order valence-corrected chi connectivity index (χ3v) is 5.13. The van der Waals surface area contributed by atoms with Crippen LogP contribution in [0.15, 0.2) is 22.7 Å². The Morgan fingerprint density at radius 1 is 1.35 bits per heavy atom. The predicted molar refractivity (Wildman–Crippen MR) is 84.1 cm³/mol. The summed E-state index contributed by atoms with van der Waals surface area (Å²) in [6.45, 7) is 3.56. The number of benzene rings is 1. The van der Waals surface area contributed by atoms with Gasteiger partial charge in [0.2, 0.25) is 0 Å². The summed E-state index contributed by atoms with van der Waals surface area (Å²) in [4.78, 5) is 2.49. The van der Waals surface area contributed by atoms with Crippen LogP contribution in [0.2, 0.25) is 0 Å². The third kappa shape index (κ3) is 2.74. The van der Waals surface area contributed by atoms with E-state index in [4.69, 9.17) is 4.74 Å². The molecule has 1 aromatic carbocycles. The van der Waals surface area contributed by atoms with Crippen LogP contribution in [0.1, 0.15) is 44.3 Å². The van der Waals surface area contributed by atoms with Gasteiger partial charge in [-0.3, -0.25) is 0 Å². The smallest absolute Gasteiger partial charge is 0.0779 e. The average Bonchev–Trinajstić information content (AvgIpc) is 2.46. The molecule has 0 radical (unpaired) electrons. The number of aliphatic hydroxyl groups is 1. The van der Waals surface area contributed by atoms with Crippen molar-refractivity contribution in [2.24, 2.45) is 0 Å². The maximum atomic E-state index is 9.68. The van der Waals surface area contributed by atoms with Crippen molar-refractivity contribution in [3.8, 4) is 0 Å². The molecule has 1 aliphatic carbocycles. The topological polar surface area (TPSA) is 32.7 Å². The summed E-state index contributed by atoms with van der Waals surface area (Å²) < 4.78 is 7.01. The lowest BCUT2D eigenvalue weighted by molar-refractivity contribution is -0.00873. The van der Waals surface area contributed by atoms with Gasteiger partial charge in [-0.05, 0) is 53.4 Å². The largest absolute Gasteiger partial charge is 0.389 e. The Morgan fingerprint density at radius 2 is 2.15 bits per heavy atom. The fourth-order valence-corrected chi connectivity index (χ4v) is 4.04. The second-order valence-corrected chi connectivity index (χ2v) is 6.70. The van der Waals surface area contributed by atoms with Crippen LogP contribution < -0.4 is 4.90 Å². The van der Waals surface area contributed by atoms with E-state index in [2.05, 4.69) is 26.9 Å². The van der Waals surface area contributed by atoms with Gasteiger partial charge in [0.05, 0.1) is 30.5 Å². The molecule has 0 spiro atoms. The van der Waals surface area contributed by atoms with Crippen LogP contribution in [0.4, 0.5) is 5.69 Å². The zero-order chi connectivity index (χ0) is 14.1. The molecule has 4 heteroatoms. The first-order valence-corrected chi connectivity index (χ1v) is 8.32. The predicted octanol–water partition coefficient (Wildman–Crippen LogP) is 3.65. The molecule has 1 aromatic rings. The Morgan fingerprint density at radius 3 is 2.90 bits per heavy atom. The second kappa shape index (κ2) is 6.04. The molecule has 1 N–H and O–H groups in total. The quantitative estimate of drug-likeness (QED) is 0.892. The van der Waals surface area contributed by atoms with E-state index in [1.165, 1.54) is 31.4 Å². The number of rotatable bonds is 2. The number of hydrogen-bond donors (Lipinski definition) is 1. The minimum Gasteiger partial charge on any atom is -0.389 e.